The van der Waals surface area contributed by atoms with Crippen LogP contribution >= 0.6 is 12.6 Å². The van der Waals surface area contributed by atoms with E-state index in [1.165, 1.54) is 0 Å². The van der Waals surface area contributed by atoms with Crippen LogP contribution in [-0.2, 0) is 6.42 Å². The van der Waals surface area contributed by atoms with Crippen molar-refractivity contribution in [3.05, 3.63) is 18.2 Å². The van der Waals surface area contributed by atoms with Crippen molar-refractivity contribution < 1.29 is 5.11 Å². The molecule has 0 aliphatic carbocycles. The number of aromatic amines is 1. The number of imidazole rings is 1. The van der Waals surface area contributed by atoms with Gasteiger partial charge in [0, 0.05) is 24.6 Å². The standard InChI is InChI=1S/C6H10N2OS/c9-5(4-10)3-6-7-1-2-8-6/h1-2,5,9-10H,3-4H2,(H,7,8). The normalized spacial score (nSPS) is 13.4. The van der Waals surface area contributed by atoms with Gasteiger partial charge in [-0.3, -0.25) is 0 Å². The van der Waals surface area contributed by atoms with E-state index in [0.717, 1.165) is 5.82 Å². The molecule has 1 rings (SSSR count). The first kappa shape index (κ1) is 7.63. The number of hydrogen-bond donors (Lipinski definition) is 3. The van der Waals surface area contributed by atoms with Gasteiger partial charge in [0.05, 0.1) is 6.10 Å². The van der Waals surface area contributed by atoms with Gasteiger partial charge in [-0.25, -0.2) is 4.98 Å². The number of H-pyrrole nitrogens is 1. The van der Waals surface area contributed by atoms with E-state index < -0.39 is 6.10 Å². The lowest BCUT2D eigenvalue weighted by Gasteiger charge is -2.02. The molecule has 0 saturated carbocycles. The molecular weight excluding hydrogens is 148 g/mol. The fraction of sp³-hybridized carbons (Fsp3) is 0.500. The molecule has 1 aromatic rings. The molecule has 0 aliphatic rings. The molecule has 1 aromatic heterocycles. The second kappa shape index (κ2) is 3.63. The van der Waals surface area contributed by atoms with E-state index in [-0.39, 0.29) is 0 Å². The van der Waals surface area contributed by atoms with Crippen molar-refractivity contribution >= 4 is 12.6 Å². The molecule has 0 spiro atoms. The third kappa shape index (κ3) is 2.04. The first-order valence-electron chi connectivity index (χ1n) is 3.10. The topological polar surface area (TPSA) is 48.9 Å². The van der Waals surface area contributed by atoms with Crippen LogP contribution in [0.25, 0.3) is 0 Å². The summed E-state index contributed by atoms with van der Waals surface area (Å²) in [5.41, 5.74) is 0. The van der Waals surface area contributed by atoms with Crippen LogP contribution in [0.1, 0.15) is 5.82 Å². The van der Waals surface area contributed by atoms with Gasteiger partial charge in [0.2, 0.25) is 0 Å². The number of hydrogen-bond acceptors (Lipinski definition) is 3. The van der Waals surface area contributed by atoms with Crippen molar-refractivity contribution in [3.8, 4) is 0 Å². The van der Waals surface area contributed by atoms with Crippen molar-refractivity contribution in [1.29, 1.82) is 0 Å². The smallest absolute Gasteiger partial charge is 0.108 e. The minimum Gasteiger partial charge on any atom is -0.392 e. The number of aromatic nitrogens is 2. The quantitative estimate of drug-likeness (QED) is 0.552. The van der Waals surface area contributed by atoms with Crippen LogP contribution in [0, 0.1) is 0 Å². The summed E-state index contributed by atoms with van der Waals surface area (Å²) in [5, 5.41) is 9.09. The molecule has 1 heterocycles. The molecule has 0 aliphatic heterocycles. The van der Waals surface area contributed by atoms with Crippen LogP contribution in [-0.4, -0.2) is 26.9 Å². The molecule has 3 nitrogen and oxygen atoms in total. The summed E-state index contributed by atoms with van der Waals surface area (Å²) < 4.78 is 0. The van der Waals surface area contributed by atoms with E-state index in [0.29, 0.717) is 12.2 Å². The number of nitrogens with one attached hydrogen (secondary N) is 1. The van der Waals surface area contributed by atoms with Gasteiger partial charge in [-0.15, -0.1) is 0 Å². The van der Waals surface area contributed by atoms with Gasteiger partial charge in [0.1, 0.15) is 5.82 Å². The van der Waals surface area contributed by atoms with E-state index in [1.54, 1.807) is 12.4 Å². The van der Waals surface area contributed by atoms with Crippen molar-refractivity contribution in [2.75, 3.05) is 5.75 Å². The SMILES string of the molecule is OC(CS)Cc1ncc[nH]1. The third-order valence-corrected chi connectivity index (χ3v) is 1.62. The molecule has 10 heavy (non-hydrogen) atoms. The van der Waals surface area contributed by atoms with Crippen molar-refractivity contribution in [2.45, 2.75) is 12.5 Å². The highest BCUT2D eigenvalue weighted by atomic mass is 32.1. The molecule has 0 amide bonds. The maximum atomic E-state index is 9.09. The molecule has 56 valence electrons. The molecule has 1 unspecified atom stereocenters. The minimum absolute atomic E-state index is 0.394. The average Bonchev–Trinajstić information content (AvgIpc) is 2.40. The molecule has 4 heteroatoms. The van der Waals surface area contributed by atoms with Crippen molar-refractivity contribution in [1.82, 2.24) is 9.97 Å². The summed E-state index contributed by atoms with van der Waals surface area (Å²) in [6.45, 7) is 0. The zero-order valence-electron chi connectivity index (χ0n) is 5.49. The Hall–Kier alpha value is -0.480. The zero-order chi connectivity index (χ0) is 7.40. The van der Waals surface area contributed by atoms with Gasteiger partial charge in [-0.05, 0) is 0 Å². The number of aliphatic hydroxyl groups is 1. The highest BCUT2D eigenvalue weighted by molar-refractivity contribution is 7.80. The Morgan fingerprint density at radius 3 is 3.10 bits per heavy atom. The molecular formula is C6H10N2OS. The molecule has 0 bridgehead atoms. The van der Waals surface area contributed by atoms with E-state index in [2.05, 4.69) is 22.6 Å². The summed E-state index contributed by atoms with van der Waals surface area (Å²) in [6.07, 6.45) is 3.56. The lowest BCUT2D eigenvalue weighted by molar-refractivity contribution is 0.198. The van der Waals surface area contributed by atoms with E-state index >= 15 is 0 Å². The first-order chi connectivity index (χ1) is 4.83. The molecule has 0 fully saturated rings. The monoisotopic (exact) mass is 158 g/mol. The van der Waals surface area contributed by atoms with E-state index in [4.69, 9.17) is 5.11 Å². The lowest BCUT2D eigenvalue weighted by Crippen LogP contribution is -2.12. The predicted octanol–water partition coefficient (Wildman–Crippen LogP) is 0.243. The molecule has 0 aromatic carbocycles. The van der Waals surface area contributed by atoms with Gasteiger partial charge in [-0.2, -0.15) is 12.6 Å². The Labute approximate surface area is 64.9 Å². The average molecular weight is 158 g/mol. The number of thiol groups is 1. The second-order valence-corrected chi connectivity index (χ2v) is 2.44. The Morgan fingerprint density at radius 1 is 1.80 bits per heavy atom. The minimum atomic E-state index is -0.394. The van der Waals surface area contributed by atoms with Gasteiger partial charge in [0.25, 0.3) is 0 Å². The first-order valence-corrected chi connectivity index (χ1v) is 3.73. The Bertz CT molecular complexity index is 176. The summed E-state index contributed by atoms with van der Waals surface area (Å²) in [4.78, 5) is 6.85. The van der Waals surface area contributed by atoms with Crippen LogP contribution in [0.3, 0.4) is 0 Å². The predicted molar refractivity (Wildman–Crippen MR) is 42.2 cm³/mol. The Balaban J connectivity index is 2.40. The maximum absolute atomic E-state index is 9.09. The van der Waals surface area contributed by atoms with E-state index in [1.807, 2.05) is 0 Å². The van der Waals surface area contributed by atoms with Crippen LogP contribution in [0.5, 0.6) is 0 Å². The van der Waals surface area contributed by atoms with Gasteiger partial charge in [0.15, 0.2) is 0 Å². The van der Waals surface area contributed by atoms with E-state index in [9.17, 15) is 0 Å². The number of rotatable bonds is 3. The van der Waals surface area contributed by atoms with Gasteiger partial charge in [-0.1, -0.05) is 0 Å². The molecule has 2 N–H and O–H groups in total. The van der Waals surface area contributed by atoms with Crippen LogP contribution in [0.15, 0.2) is 12.4 Å². The van der Waals surface area contributed by atoms with Crippen LogP contribution < -0.4 is 0 Å². The number of aliphatic hydroxyl groups excluding tert-OH is 1. The van der Waals surface area contributed by atoms with Crippen molar-refractivity contribution in [2.24, 2.45) is 0 Å². The summed E-state index contributed by atoms with van der Waals surface area (Å²) in [6, 6.07) is 0. The summed E-state index contributed by atoms with van der Waals surface area (Å²) in [5.74, 6) is 1.28. The molecule has 0 saturated heterocycles. The van der Waals surface area contributed by atoms with Crippen LogP contribution in [0.2, 0.25) is 0 Å². The Morgan fingerprint density at radius 2 is 2.60 bits per heavy atom. The molecule has 1 atom stereocenters. The number of nitrogens with zero attached hydrogens (tertiary/aromatic N) is 1. The molecule has 0 radical (unpaired) electrons. The lowest BCUT2D eigenvalue weighted by atomic mass is 10.3. The summed E-state index contributed by atoms with van der Waals surface area (Å²) in [7, 11) is 0. The van der Waals surface area contributed by atoms with Crippen LogP contribution in [0.4, 0.5) is 0 Å². The highest BCUT2D eigenvalue weighted by Gasteiger charge is 2.03. The maximum Gasteiger partial charge on any atom is 0.108 e. The summed E-state index contributed by atoms with van der Waals surface area (Å²) >= 11 is 3.94. The van der Waals surface area contributed by atoms with Gasteiger partial charge < -0.3 is 10.1 Å². The Kier molecular flexibility index (Phi) is 2.77. The second-order valence-electron chi connectivity index (χ2n) is 2.08. The third-order valence-electron chi connectivity index (χ3n) is 1.19. The fourth-order valence-electron chi connectivity index (χ4n) is 0.697. The zero-order valence-corrected chi connectivity index (χ0v) is 6.38. The van der Waals surface area contributed by atoms with Gasteiger partial charge >= 0.3 is 0 Å². The van der Waals surface area contributed by atoms with Crippen molar-refractivity contribution in [3.63, 3.8) is 0 Å². The largest absolute Gasteiger partial charge is 0.392 e. The highest BCUT2D eigenvalue weighted by Crippen LogP contribution is 1.96. The fourth-order valence-corrected chi connectivity index (χ4v) is 0.826.